The van der Waals surface area contributed by atoms with Crippen molar-refractivity contribution in [1.82, 2.24) is 0 Å². The van der Waals surface area contributed by atoms with E-state index in [0.29, 0.717) is 0 Å². The normalized spacial score (nSPS) is 18.8. The van der Waals surface area contributed by atoms with Gasteiger partial charge in [0.05, 0.1) is 12.7 Å². The Bertz CT molecular complexity index is 346. The Morgan fingerprint density at radius 1 is 1.17 bits per heavy atom. The Balaban J connectivity index is 1.86. The highest BCUT2D eigenvalue weighted by Crippen LogP contribution is 2.27. The maximum Gasteiger partial charge on any atom is 0.0914 e. The molecule has 100 valence electrons. The van der Waals surface area contributed by atoms with Crippen molar-refractivity contribution < 1.29 is 4.74 Å². The quantitative estimate of drug-likeness (QED) is 0.448. The zero-order chi connectivity index (χ0) is 12.8. The van der Waals surface area contributed by atoms with Gasteiger partial charge in [0.15, 0.2) is 0 Å². The molecule has 0 aliphatic heterocycles. The first-order valence-corrected chi connectivity index (χ1v) is 9.04. The fourth-order valence-electron chi connectivity index (χ4n) is 2.51. The molecule has 0 saturated heterocycles. The highest BCUT2D eigenvalue weighted by atomic mass is 127. The van der Waals surface area contributed by atoms with Crippen molar-refractivity contribution in [3.8, 4) is 0 Å². The van der Waals surface area contributed by atoms with E-state index in [1.54, 1.807) is 0 Å². The van der Waals surface area contributed by atoms with Crippen molar-refractivity contribution in [1.29, 1.82) is 0 Å². The van der Waals surface area contributed by atoms with Crippen LogP contribution in [0.2, 0.25) is 0 Å². The smallest absolute Gasteiger partial charge is 0.0914 e. The summed E-state index contributed by atoms with van der Waals surface area (Å²) in [5.74, 6) is 0.791. The fraction of sp³-hybridized carbons (Fsp3) is 0.600. The average Bonchev–Trinajstić information content (AvgIpc) is 2.42. The van der Waals surface area contributed by atoms with Crippen LogP contribution < -0.4 is 0 Å². The highest BCUT2D eigenvalue weighted by Gasteiger charge is 2.17. The molecule has 2 rings (SSSR count). The van der Waals surface area contributed by atoms with Crippen LogP contribution in [0.15, 0.2) is 28.7 Å². The molecule has 1 atom stereocenters. The van der Waals surface area contributed by atoms with E-state index < -0.39 is 0 Å². The molecule has 1 aromatic carbocycles. The van der Waals surface area contributed by atoms with Gasteiger partial charge >= 0.3 is 0 Å². The second-order valence-corrected chi connectivity index (χ2v) is 6.83. The molecule has 0 N–H and O–H groups in total. The molecule has 0 amide bonds. The number of benzene rings is 1. The van der Waals surface area contributed by atoms with Crippen LogP contribution in [0.4, 0.5) is 0 Å². The highest BCUT2D eigenvalue weighted by molar-refractivity contribution is 14.1. The summed E-state index contributed by atoms with van der Waals surface area (Å²) in [5, 5.41) is 0. The standard InChI is InChI=1S/C15H20BrIO/c16-14-8-6-13(7-9-14)15(10-17)18-11-12-4-2-1-3-5-12/h6-9,12,15H,1-5,10-11H2. The van der Waals surface area contributed by atoms with Crippen molar-refractivity contribution in [2.75, 3.05) is 11.0 Å². The Morgan fingerprint density at radius 3 is 2.44 bits per heavy atom. The predicted molar refractivity (Wildman–Crippen MR) is 88.3 cm³/mol. The topological polar surface area (TPSA) is 9.23 Å². The van der Waals surface area contributed by atoms with E-state index in [-0.39, 0.29) is 6.10 Å². The minimum absolute atomic E-state index is 0.251. The van der Waals surface area contributed by atoms with Crippen LogP contribution in [-0.4, -0.2) is 11.0 Å². The summed E-state index contributed by atoms with van der Waals surface area (Å²) in [6, 6.07) is 8.51. The second kappa shape index (κ2) is 7.85. The number of hydrogen-bond donors (Lipinski definition) is 0. The molecule has 1 aromatic rings. The van der Waals surface area contributed by atoms with Gasteiger partial charge in [-0.2, -0.15) is 0 Å². The van der Waals surface area contributed by atoms with Gasteiger partial charge in [-0.3, -0.25) is 0 Å². The van der Waals surface area contributed by atoms with E-state index in [1.807, 2.05) is 0 Å². The van der Waals surface area contributed by atoms with E-state index in [2.05, 4.69) is 62.8 Å². The Labute approximate surface area is 132 Å². The van der Waals surface area contributed by atoms with Crippen LogP contribution in [0, 0.1) is 5.92 Å². The lowest BCUT2D eigenvalue weighted by molar-refractivity contribution is 0.0345. The van der Waals surface area contributed by atoms with Crippen LogP contribution in [0.25, 0.3) is 0 Å². The summed E-state index contributed by atoms with van der Waals surface area (Å²) in [4.78, 5) is 0. The molecule has 0 radical (unpaired) electrons. The number of hydrogen-bond acceptors (Lipinski definition) is 1. The Kier molecular flexibility index (Phi) is 6.45. The monoisotopic (exact) mass is 422 g/mol. The van der Waals surface area contributed by atoms with Gasteiger partial charge < -0.3 is 4.74 Å². The number of rotatable bonds is 5. The molecule has 18 heavy (non-hydrogen) atoms. The van der Waals surface area contributed by atoms with Gasteiger partial charge in [0, 0.05) is 8.90 Å². The number of halogens is 2. The summed E-state index contributed by atoms with van der Waals surface area (Å²) < 4.78 is 8.28. The molecule has 1 saturated carbocycles. The number of ether oxygens (including phenoxy) is 1. The molecule has 1 unspecified atom stereocenters. The summed E-state index contributed by atoms with van der Waals surface area (Å²) in [5.41, 5.74) is 1.29. The molecule has 1 aliphatic carbocycles. The van der Waals surface area contributed by atoms with Crippen LogP contribution in [0.3, 0.4) is 0 Å². The molecular formula is C15H20BrIO. The largest absolute Gasteiger partial charge is 0.372 e. The van der Waals surface area contributed by atoms with Crippen molar-refractivity contribution in [2.24, 2.45) is 5.92 Å². The average molecular weight is 423 g/mol. The van der Waals surface area contributed by atoms with Crippen LogP contribution in [0.1, 0.15) is 43.8 Å². The Hall–Kier alpha value is 0.390. The molecule has 3 heteroatoms. The van der Waals surface area contributed by atoms with Gasteiger partial charge in [-0.25, -0.2) is 0 Å². The van der Waals surface area contributed by atoms with E-state index in [4.69, 9.17) is 4.74 Å². The van der Waals surface area contributed by atoms with E-state index in [9.17, 15) is 0 Å². The zero-order valence-corrected chi connectivity index (χ0v) is 14.3. The summed E-state index contributed by atoms with van der Waals surface area (Å²) in [6.07, 6.45) is 7.16. The van der Waals surface area contributed by atoms with Gasteiger partial charge in [-0.05, 0) is 36.5 Å². The van der Waals surface area contributed by atoms with Gasteiger partial charge in [0.2, 0.25) is 0 Å². The summed E-state index contributed by atoms with van der Waals surface area (Å²) in [6.45, 7) is 0.934. The minimum atomic E-state index is 0.251. The lowest BCUT2D eigenvalue weighted by atomic mass is 9.90. The summed E-state index contributed by atoms with van der Waals surface area (Å²) in [7, 11) is 0. The maximum atomic E-state index is 6.13. The third kappa shape index (κ3) is 4.49. The Morgan fingerprint density at radius 2 is 1.83 bits per heavy atom. The van der Waals surface area contributed by atoms with E-state index in [1.165, 1.54) is 37.7 Å². The van der Waals surface area contributed by atoms with Crippen molar-refractivity contribution in [2.45, 2.75) is 38.2 Å². The molecule has 1 aliphatic rings. The van der Waals surface area contributed by atoms with Gasteiger partial charge in [0.1, 0.15) is 0 Å². The predicted octanol–water partition coefficient (Wildman–Crippen LogP) is 5.52. The SMILES string of the molecule is Brc1ccc(C(CI)OCC2CCCCC2)cc1. The first-order valence-electron chi connectivity index (χ1n) is 6.72. The van der Waals surface area contributed by atoms with Crippen molar-refractivity contribution >= 4 is 38.5 Å². The molecule has 0 spiro atoms. The van der Waals surface area contributed by atoms with E-state index in [0.717, 1.165) is 21.4 Å². The first kappa shape index (κ1) is 14.8. The second-order valence-electron chi connectivity index (χ2n) is 5.03. The van der Waals surface area contributed by atoms with Gasteiger partial charge in [-0.15, -0.1) is 0 Å². The van der Waals surface area contributed by atoms with Gasteiger partial charge in [0.25, 0.3) is 0 Å². The number of alkyl halides is 1. The van der Waals surface area contributed by atoms with Crippen LogP contribution in [-0.2, 0) is 4.74 Å². The zero-order valence-electron chi connectivity index (χ0n) is 10.6. The maximum absolute atomic E-state index is 6.13. The molecular weight excluding hydrogens is 403 g/mol. The third-order valence-corrected chi connectivity index (χ3v) is 4.97. The molecule has 0 bridgehead atoms. The first-order chi connectivity index (χ1) is 8.79. The fourth-order valence-corrected chi connectivity index (χ4v) is 3.54. The van der Waals surface area contributed by atoms with Crippen LogP contribution in [0.5, 0.6) is 0 Å². The van der Waals surface area contributed by atoms with Gasteiger partial charge in [-0.1, -0.05) is 69.9 Å². The van der Waals surface area contributed by atoms with E-state index >= 15 is 0 Å². The molecule has 1 fully saturated rings. The lowest BCUT2D eigenvalue weighted by Gasteiger charge is -2.24. The van der Waals surface area contributed by atoms with Crippen LogP contribution >= 0.6 is 38.5 Å². The minimum Gasteiger partial charge on any atom is -0.372 e. The van der Waals surface area contributed by atoms with Crippen molar-refractivity contribution in [3.05, 3.63) is 34.3 Å². The summed E-state index contributed by atoms with van der Waals surface area (Å²) >= 11 is 5.89. The molecule has 1 nitrogen and oxygen atoms in total. The molecule has 0 aromatic heterocycles. The third-order valence-electron chi connectivity index (χ3n) is 3.64. The lowest BCUT2D eigenvalue weighted by Crippen LogP contribution is -2.16. The van der Waals surface area contributed by atoms with Crippen molar-refractivity contribution in [3.63, 3.8) is 0 Å². The molecule has 0 heterocycles.